The zero-order valence-electron chi connectivity index (χ0n) is 12.1. The molecule has 0 amide bonds. The van der Waals surface area contributed by atoms with Gasteiger partial charge < -0.3 is 4.90 Å². The van der Waals surface area contributed by atoms with Crippen molar-refractivity contribution in [1.82, 2.24) is 4.98 Å². The highest BCUT2D eigenvalue weighted by molar-refractivity contribution is 5.94. The molecule has 0 radical (unpaired) electrons. The molecule has 0 N–H and O–H groups in total. The van der Waals surface area contributed by atoms with Crippen molar-refractivity contribution in [2.24, 2.45) is 0 Å². The van der Waals surface area contributed by atoms with Crippen LogP contribution in [-0.2, 0) is 6.54 Å². The van der Waals surface area contributed by atoms with Crippen molar-refractivity contribution in [1.29, 1.82) is 5.26 Å². The predicted octanol–water partition coefficient (Wildman–Crippen LogP) is 3.88. The monoisotopic (exact) mass is 291 g/mol. The third-order valence-electron chi connectivity index (χ3n) is 3.56. The van der Waals surface area contributed by atoms with Gasteiger partial charge in [0.05, 0.1) is 16.8 Å². The van der Waals surface area contributed by atoms with Gasteiger partial charge in [0.2, 0.25) is 0 Å². The summed E-state index contributed by atoms with van der Waals surface area (Å²) in [4.78, 5) is 6.26. The number of hydrogen-bond acceptors (Lipinski definition) is 3. The number of nitrogens with zero attached hydrogens (tertiary/aromatic N) is 3. The van der Waals surface area contributed by atoms with Crippen LogP contribution in [0.5, 0.6) is 0 Å². The number of rotatable bonds is 3. The molecule has 0 unspecified atom stereocenters. The first-order chi connectivity index (χ1) is 10.7. The Morgan fingerprint density at radius 2 is 2.00 bits per heavy atom. The molecule has 0 spiro atoms. The second kappa shape index (κ2) is 5.82. The van der Waals surface area contributed by atoms with Crippen molar-refractivity contribution in [2.45, 2.75) is 6.54 Å². The lowest BCUT2D eigenvalue weighted by molar-refractivity contribution is 0.625. The molecule has 0 aliphatic carbocycles. The van der Waals surface area contributed by atoms with Gasteiger partial charge in [-0.15, -0.1) is 0 Å². The van der Waals surface area contributed by atoms with Gasteiger partial charge in [-0.05, 0) is 23.8 Å². The first kappa shape index (κ1) is 14.0. The average Bonchev–Trinajstić information content (AvgIpc) is 2.53. The molecule has 0 saturated heterocycles. The maximum atomic E-state index is 13.3. The standard InChI is InChI=1S/C18H14FN3/c1-22(12-13-5-4-6-15(19)9-13)18-14(10-20)11-21-17-8-3-2-7-16(17)18/h2-9,11H,12H2,1H3. The molecule has 0 atom stereocenters. The van der Waals surface area contributed by atoms with Gasteiger partial charge in [0.1, 0.15) is 11.9 Å². The molecule has 0 aliphatic heterocycles. The van der Waals surface area contributed by atoms with Crippen LogP contribution >= 0.6 is 0 Å². The summed E-state index contributed by atoms with van der Waals surface area (Å²) in [5.41, 5.74) is 3.02. The van der Waals surface area contributed by atoms with Crippen molar-refractivity contribution in [3.8, 4) is 6.07 Å². The van der Waals surface area contributed by atoms with Gasteiger partial charge >= 0.3 is 0 Å². The van der Waals surface area contributed by atoms with Gasteiger partial charge in [-0.2, -0.15) is 5.26 Å². The maximum Gasteiger partial charge on any atom is 0.123 e. The fourth-order valence-electron chi connectivity index (χ4n) is 2.61. The Morgan fingerprint density at radius 3 is 2.77 bits per heavy atom. The molecule has 2 aromatic carbocycles. The lowest BCUT2D eigenvalue weighted by Crippen LogP contribution is -2.18. The van der Waals surface area contributed by atoms with Crippen LogP contribution in [0.3, 0.4) is 0 Å². The molecule has 1 aromatic heterocycles. The zero-order chi connectivity index (χ0) is 15.5. The molecule has 0 bridgehead atoms. The number of pyridine rings is 1. The van der Waals surface area contributed by atoms with E-state index in [1.807, 2.05) is 42.3 Å². The predicted molar refractivity (Wildman–Crippen MR) is 85.0 cm³/mol. The van der Waals surface area contributed by atoms with Gasteiger partial charge in [-0.3, -0.25) is 4.98 Å². The van der Waals surface area contributed by atoms with Gasteiger partial charge in [0, 0.05) is 25.2 Å². The van der Waals surface area contributed by atoms with Crippen LogP contribution < -0.4 is 4.90 Å². The first-order valence-corrected chi connectivity index (χ1v) is 6.92. The quantitative estimate of drug-likeness (QED) is 0.735. The van der Waals surface area contributed by atoms with Gasteiger partial charge in [-0.1, -0.05) is 30.3 Å². The molecule has 0 fully saturated rings. The highest BCUT2D eigenvalue weighted by Crippen LogP contribution is 2.29. The molecule has 22 heavy (non-hydrogen) atoms. The van der Waals surface area contributed by atoms with E-state index in [-0.39, 0.29) is 5.82 Å². The molecule has 3 aromatic rings. The van der Waals surface area contributed by atoms with E-state index in [2.05, 4.69) is 11.1 Å². The van der Waals surface area contributed by atoms with E-state index in [4.69, 9.17) is 0 Å². The van der Waals surface area contributed by atoms with Gasteiger partial charge in [-0.25, -0.2) is 4.39 Å². The van der Waals surface area contributed by atoms with E-state index >= 15 is 0 Å². The molecular weight excluding hydrogens is 277 g/mol. The van der Waals surface area contributed by atoms with Crippen LogP contribution in [0.1, 0.15) is 11.1 Å². The Bertz CT molecular complexity index is 868. The Hall–Kier alpha value is -2.93. The lowest BCUT2D eigenvalue weighted by atomic mass is 10.1. The minimum Gasteiger partial charge on any atom is -0.369 e. The minimum absolute atomic E-state index is 0.258. The largest absolute Gasteiger partial charge is 0.369 e. The average molecular weight is 291 g/mol. The van der Waals surface area contributed by atoms with E-state index in [9.17, 15) is 9.65 Å². The summed E-state index contributed by atoms with van der Waals surface area (Å²) in [5.74, 6) is -0.258. The van der Waals surface area contributed by atoms with E-state index in [0.29, 0.717) is 12.1 Å². The number of benzene rings is 2. The Morgan fingerprint density at radius 1 is 1.18 bits per heavy atom. The summed E-state index contributed by atoms with van der Waals surface area (Å²) >= 11 is 0. The smallest absolute Gasteiger partial charge is 0.123 e. The molecule has 0 aliphatic rings. The number of hydrogen-bond donors (Lipinski definition) is 0. The second-order valence-electron chi connectivity index (χ2n) is 5.14. The highest BCUT2D eigenvalue weighted by atomic mass is 19.1. The number of nitriles is 1. The number of anilines is 1. The molecule has 1 heterocycles. The fourth-order valence-corrected chi connectivity index (χ4v) is 2.61. The van der Waals surface area contributed by atoms with Crippen molar-refractivity contribution in [2.75, 3.05) is 11.9 Å². The van der Waals surface area contributed by atoms with Crippen LogP contribution in [0.15, 0.2) is 54.7 Å². The van der Waals surface area contributed by atoms with E-state index < -0.39 is 0 Å². The van der Waals surface area contributed by atoms with Crippen molar-refractivity contribution in [3.63, 3.8) is 0 Å². The van der Waals surface area contributed by atoms with Gasteiger partial charge in [0.15, 0.2) is 0 Å². The maximum absolute atomic E-state index is 13.3. The zero-order valence-corrected chi connectivity index (χ0v) is 12.1. The summed E-state index contributed by atoms with van der Waals surface area (Å²) in [6.45, 7) is 0.514. The van der Waals surface area contributed by atoms with E-state index in [1.165, 1.54) is 12.1 Å². The van der Waals surface area contributed by atoms with Crippen molar-refractivity contribution in [3.05, 3.63) is 71.7 Å². The molecule has 0 saturated carbocycles. The number of halogens is 1. The van der Waals surface area contributed by atoms with E-state index in [1.54, 1.807) is 12.3 Å². The summed E-state index contributed by atoms with van der Waals surface area (Å²) in [7, 11) is 1.90. The normalized spacial score (nSPS) is 10.4. The lowest BCUT2D eigenvalue weighted by Gasteiger charge is -2.22. The second-order valence-corrected chi connectivity index (χ2v) is 5.14. The van der Waals surface area contributed by atoms with Crippen LogP contribution in [0.25, 0.3) is 10.9 Å². The summed E-state index contributed by atoms with van der Waals surface area (Å²) in [6.07, 6.45) is 1.58. The Kier molecular flexibility index (Phi) is 3.71. The first-order valence-electron chi connectivity index (χ1n) is 6.92. The van der Waals surface area contributed by atoms with E-state index in [0.717, 1.165) is 22.2 Å². The number of para-hydroxylation sites is 1. The third kappa shape index (κ3) is 2.61. The van der Waals surface area contributed by atoms with Crippen LogP contribution in [-0.4, -0.2) is 12.0 Å². The van der Waals surface area contributed by atoms with Crippen molar-refractivity contribution >= 4 is 16.6 Å². The van der Waals surface area contributed by atoms with Crippen molar-refractivity contribution < 1.29 is 4.39 Å². The Labute approximate surface area is 128 Å². The van der Waals surface area contributed by atoms with Crippen LogP contribution in [0.2, 0.25) is 0 Å². The molecule has 108 valence electrons. The SMILES string of the molecule is CN(Cc1cccc(F)c1)c1c(C#N)cnc2ccccc12. The van der Waals surface area contributed by atoms with Crippen LogP contribution in [0, 0.1) is 17.1 Å². The summed E-state index contributed by atoms with van der Waals surface area (Å²) in [5, 5.41) is 10.3. The number of aromatic nitrogens is 1. The number of fused-ring (bicyclic) bond motifs is 1. The molecule has 3 nitrogen and oxygen atoms in total. The summed E-state index contributed by atoms with van der Waals surface area (Å²) in [6, 6.07) is 16.4. The Balaban J connectivity index is 2.06. The molecular formula is C18H14FN3. The fraction of sp³-hybridized carbons (Fsp3) is 0.111. The summed E-state index contributed by atoms with van der Waals surface area (Å²) < 4.78 is 13.3. The third-order valence-corrected chi connectivity index (χ3v) is 3.56. The molecule has 4 heteroatoms. The highest BCUT2D eigenvalue weighted by Gasteiger charge is 2.13. The van der Waals surface area contributed by atoms with Gasteiger partial charge in [0.25, 0.3) is 0 Å². The minimum atomic E-state index is -0.258. The topological polar surface area (TPSA) is 39.9 Å². The molecule has 3 rings (SSSR count). The van der Waals surface area contributed by atoms with Crippen LogP contribution in [0.4, 0.5) is 10.1 Å².